The van der Waals surface area contributed by atoms with Crippen LogP contribution in [0.25, 0.3) is 0 Å². The molecule has 1 fully saturated rings. The highest BCUT2D eigenvalue weighted by molar-refractivity contribution is 5.56. The van der Waals surface area contributed by atoms with Crippen molar-refractivity contribution in [3.8, 4) is 0 Å². The molecule has 3 nitrogen and oxygen atoms in total. The molecule has 1 aromatic carbocycles. The molecule has 0 saturated carbocycles. The molecule has 0 unspecified atom stereocenters. The summed E-state index contributed by atoms with van der Waals surface area (Å²) < 4.78 is 11.3. The molecule has 0 spiro atoms. The van der Waals surface area contributed by atoms with Crippen molar-refractivity contribution in [2.75, 3.05) is 31.2 Å². The summed E-state index contributed by atoms with van der Waals surface area (Å²) in [5, 5.41) is 0. The number of hydrogen-bond donors (Lipinski definition) is 0. The summed E-state index contributed by atoms with van der Waals surface area (Å²) in [6.45, 7) is 6.05. The van der Waals surface area contributed by atoms with Gasteiger partial charge in [0.1, 0.15) is 0 Å². The third-order valence-corrected chi connectivity index (χ3v) is 3.98. The van der Waals surface area contributed by atoms with Crippen LogP contribution in [0.1, 0.15) is 30.4 Å². The molecule has 0 radical (unpaired) electrons. The van der Waals surface area contributed by atoms with Crippen molar-refractivity contribution in [3.05, 3.63) is 29.3 Å². The lowest BCUT2D eigenvalue weighted by molar-refractivity contribution is -0.179. The first-order valence-corrected chi connectivity index (χ1v) is 7.40. The number of fused-ring (bicyclic) bond motifs is 1. The zero-order valence-corrected chi connectivity index (χ0v) is 11.7. The molecule has 104 valence electrons. The van der Waals surface area contributed by atoms with E-state index in [1.807, 2.05) is 0 Å². The van der Waals surface area contributed by atoms with Crippen molar-refractivity contribution in [2.24, 2.45) is 0 Å². The van der Waals surface area contributed by atoms with Gasteiger partial charge in [0.2, 0.25) is 0 Å². The molecule has 0 N–H and O–H groups in total. The maximum Gasteiger partial charge on any atom is 0.159 e. The molecule has 19 heavy (non-hydrogen) atoms. The molecule has 1 aromatic rings. The molecule has 0 atom stereocenters. The third kappa shape index (κ3) is 3.10. The van der Waals surface area contributed by atoms with Crippen molar-refractivity contribution in [3.63, 3.8) is 0 Å². The third-order valence-electron chi connectivity index (χ3n) is 3.98. The number of ether oxygens (including phenoxy) is 2. The molecule has 0 aliphatic carbocycles. The highest BCUT2D eigenvalue weighted by atomic mass is 16.7. The Morgan fingerprint density at radius 1 is 1.21 bits per heavy atom. The number of aryl methyl sites for hydroxylation is 2. The first-order valence-electron chi connectivity index (χ1n) is 7.40. The summed E-state index contributed by atoms with van der Waals surface area (Å²) in [5.41, 5.74) is 4.27. The second-order valence-electron chi connectivity index (χ2n) is 5.54. The maximum absolute atomic E-state index is 5.63. The fourth-order valence-electron chi connectivity index (χ4n) is 3.00. The summed E-state index contributed by atoms with van der Waals surface area (Å²) in [6.07, 6.45) is 4.46. The molecule has 3 rings (SSSR count). The van der Waals surface area contributed by atoms with Crippen molar-refractivity contribution in [1.82, 2.24) is 0 Å². The molecule has 1 saturated heterocycles. The van der Waals surface area contributed by atoms with Gasteiger partial charge < -0.3 is 14.4 Å². The average Bonchev–Trinajstić information content (AvgIpc) is 2.45. The Morgan fingerprint density at radius 2 is 2.05 bits per heavy atom. The van der Waals surface area contributed by atoms with Crippen LogP contribution < -0.4 is 4.90 Å². The first kappa shape index (κ1) is 12.9. The summed E-state index contributed by atoms with van der Waals surface area (Å²) in [6, 6.07) is 6.81. The number of hydrogen-bond acceptors (Lipinski definition) is 3. The highest BCUT2D eigenvalue weighted by Crippen LogP contribution is 2.28. The van der Waals surface area contributed by atoms with Gasteiger partial charge in [-0.15, -0.1) is 0 Å². The van der Waals surface area contributed by atoms with Gasteiger partial charge in [-0.2, -0.15) is 0 Å². The van der Waals surface area contributed by atoms with Gasteiger partial charge in [0, 0.05) is 25.2 Å². The van der Waals surface area contributed by atoms with E-state index in [0.717, 1.165) is 39.1 Å². The van der Waals surface area contributed by atoms with Crippen molar-refractivity contribution < 1.29 is 9.47 Å². The molecular formula is C16H23NO2. The van der Waals surface area contributed by atoms with Gasteiger partial charge in [-0.25, -0.2) is 0 Å². The fraction of sp³-hybridized carbons (Fsp3) is 0.625. The Labute approximate surface area is 115 Å². The van der Waals surface area contributed by atoms with E-state index in [2.05, 4.69) is 30.0 Å². The van der Waals surface area contributed by atoms with E-state index in [1.54, 1.807) is 0 Å². The first-order chi connectivity index (χ1) is 9.33. The standard InChI is InChI=1S/C16H23NO2/c1-13-5-6-15-14(12-13)4-2-8-17(15)9-7-16-18-10-3-11-19-16/h5-6,12,16H,2-4,7-11H2,1H3. The number of anilines is 1. The monoisotopic (exact) mass is 261 g/mol. The van der Waals surface area contributed by atoms with Crippen LogP contribution in [0.4, 0.5) is 5.69 Å². The minimum Gasteiger partial charge on any atom is -0.371 e. The van der Waals surface area contributed by atoms with Gasteiger partial charge in [-0.1, -0.05) is 17.7 Å². The topological polar surface area (TPSA) is 21.7 Å². The molecule has 0 aromatic heterocycles. The Hall–Kier alpha value is -1.06. The maximum atomic E-state index is 5.63. The predicted octanol–water partition coefficient (Wildman–Crippen LogP) is 2.90. The van der Waals surface area contributed by atoms with Gasteiger partial charge >= 0.3 is 0 Å². The van der Waals surface area contributed by atoms with Crippen LogP contribution in [0, 0.1) is 6.92 Å². The van der Waals surface area contributed by atoms with E-state index >= 15 is 0 Å². The molecular weight excluding hydrogens is 238 g/mol. The van der Waals surface area contributed by atoms with E-state index in [9.17, 15) is 0 Å². The van der Waals surface area contributed by atoms with Crippen LogP contribution in [0.2, 0.25) is 0 Å². The molecule has 2 aliphatic rings. The summed E-state index contributed by atoms with van der Waals surface area (Å²) in [7, 11) is 0. The van der Waals surface area contributed by atoms with Gasteiger partial charge in [0.25, 0.3) is 0 Å². The van der Waals surface area contributed by atoms with Crippen LogP contribution in [0.3, 0.4) is 0 Å². The molecule has 0 bridgehead atoms. The Morgan fingerprint density at radius 3 is 2.89 bits per heavy atom. The smallest absolute Gasteiger partial charge is 0.159 e. The van der Waals surface area contributed by atoms with Gasteiger partial charge in [-0.3, -0.25) is 0 Å². The van der Waals surface area contributed by atoms with Crippen LogP contribution in [-0.4, -0.2) is 32.6 Å². The zero-order chi connectivity index (χ0) is 13.1. The van der Waals surface area contributed by atoms with Gasteiger partial charge in [-0.05, 0) is 37.8 Å². The second-order valence-corrected chi connectivity index (χ2v) is 5.54. The van der Waals surface area contributed by atoms with Gasteiger partial charge in [0.05, 0.1) is 13.2 Å². The lowest BCUT2D eigenvalue weighted by atomic mass is 9.99. The Balaban J connectivity index is 1.63. The van der Waals surface area contributed by atoms with Crippen molar-refractivity contribution in [2.45, 2.75) is 38.9 Å². The number of rotatable bonds is 3. The normalized spacial score (nSPS) is 20.4. The summed E-state index contributed by atoms with van der Waals surface area (Å²) in [5.74, 6) is 0. The van der Waals surface area contributed by atoms with E-state index in [-0.39, 0.29) is 6.29 Å². The van der Waals surface area contributed by atoms with Crippen molar-refractivity contribution in [1.29, 1.82) is 0 Å². The average molecular weight is 261 g/mol. The lowest BCUT2D eigenvalue weighted by Crippen LogP contribution is -2.34. The Bertz CT molecular complexity index is 427. The van der Waals surface area contributed by atoms with E-state index in [0.29, 0.717) is 0 Å². The summed E-state index contributed by atoms with van der Waals surface area (Å²) in [4.78, 5) is 2.49. The van der Waals surface area contributed by atoms with Crippen molar-refractivity contribution >= 4 is 5.69 Å². The lowest BCUT2D eigenvalue weighted by Gasteiger charge is -2.33. The van der Waals surface area contributed by atoms with Crippen LogP contribution in [0.15, 0.2) is 18.2 Å². The summed E-state index contributed by atoms with van der Waals surface area (Å²) >= 11 is 0. The van der Waals surface area contributed by atoms with E-state index in [1.165, 1.54) is 29.7 Å². The zero-order valence-electron chi connectivity index (χ0n) is 11.7. The molecule has 2 aliphatic heterocycles. The van der Waals surface area contributed by atoms with Crippen LogP contribution in [0.5, 0.6) is 0 Å². The predicted molar refractivity (Wildman–Crippen MR) is 76.6 cm³/mol. The number of benzene rings is 1. The minimum atomic E-state index is 0.00424. The van der Waals surface area contributed by atoms with Crippen LogP contribution >= 0.6 is 0 Å². The van der Waals surface area contributed by atoms with Crippen LogP contribution in [-0.2, 0) is 15.9 Å². The Kier molecular flexibility index (Phi) is 4.04. The SMILES string of the molecule is Cc1ccc2c(c1)CCCN2CCC1OCCCO1. The molecule has 3 heteroatoms. The largest absolute Gasteiger partial charge is 0.371 e. The quantitative estimate of drug-likeness (QED) is 0.835. The fourth-order valence-corrected chi connectivity index (χ4v) is 3.00. The van der Waals surface area contributed by atoms with Gasteiger partial charge in [0.15, 0.2) is 6.29 Å². The highest BCUT2D eigenvalue weighted by Gasteiger charge is 2.20. The van der Waals surface area contributed by atoms with E-state index in [4.69, 9.17) is 9.47 Å². The molecule has 0 amide bonds. The molecule has 2 heterocycles. The minimum absolute atomic E-state index is 0.00424. The number of nitrogens with zero attached hydrogens (tertiary/aromatic N) is 1. The second kappa shape index (κ2) is 5.93. The van der Waals surface area contributed by atoms with E-state index < -0.39 is 0 Å².